The maximum Gasteiger partial charge on any atom is 0.258 e. The molecule has 2 aromatic rings. The van der Waals surface area contributed by atoms with E-state index in [4.69, 9.17) is 10.3 Å². The minimum atomic E-state index is -0.459. The molecule has 0 radical (unpaired) electrons. The Bertz CT molecular complexity index is 736. The molecule has 2 aliphatic carbocycles. The SMILES string of the molecule is Cl.NC1(c2noc(-c3cccc(NC(=O)C4CC4)c3)n2)CCCC1. The van der Waals surface area contributed by atoms with Crippen LogP contribution in [0.4, 0.5) is 5.69 Å². The lowest BCUT2D eigenvalue weighted by atomic mass is 9.99. The summed E-state index contributed by atoms with van der Waals surface area (Å²) in [6.07, 6.45) is 5.95. The number of aromatic nitrogens is 2. The summed E-state index contributed by atoms with van der Waals surface area (Å²) in [5.74, 6) is 1.28. The van der Waals surface area contributed by atoms with Crippen molar-refractivity contribution in [2.24, 2.45) is 11.7 Å². The van der Waals surface area contributed by atoms with Crippen molar-refractivity contribution in [3.05, 3.63) is 30.1 Å². The van der Waals surface area contributed by atoms with Gasteiger partial charge in [0.25, 0.3) is 5.89 Å². The number of halogens is 1. The van der Waals surface area contributed by atoms with Crippen LogP contribution in [0.1, 0.15) is 44.3 Å². The number of nitrogens with one attached hydrogen (secondary N) is 1. The van der Waals surface area contributed by atoms with Gasteiger partial charge in [-0.2, -0.15) is 4.98 Å². The van der Waals surface area contributed by atoms with Gasteiger partial charge in [-0.3, -0.25) is 4.79 Å². The lowest BCUT2D eigenvalue weighted by Crippen LogP contribution is -2.34. The molecule has 1 aromatic heterocycles. The van der Waals surface area contributed by atoms with Crippen molar-refractivity contribution < 1.29 is 9.32 Å². The van der Waals surface area contributed by atoms with Gasteiger partial charge in [0.05, 0.1) is 5.54 Å². The molecule has 0 spiro atoms. The Kier molecular flexibility index (Phi) is 4.60. The molecule has 6 nitrogen and oxygen atoms in total. The van der Waals surface area contributed by atoms with Crippen LogP contribution in [0.25, 0.3) is 11.5 Å². The van der Waals surface area contributed by atoms with Gasteiger partial charge >= 0.3 is 0 Å². The Morgan fingerprint density at radius 1 is 1.29 bits per heavy atom. The number of carbonyl (C=O) groups is 1. The third-order valence-electron chi connectivity index (χ3n) is 4.69. The number of hydrogen-bond acceptors (Lipinski definition) is 5. The summed E-state index contributed by atoms with van der Waals surface area (Å²) in [7, 11) is 0. The number of benzene rings is 1. The lowest BCUT2D eigenvalue weighted by Gasteiger charge is -2.17. The zero-order valence-corrected chi connectivity index (χ0v) is 14.1. The zero-order chi connectivity index (χ0) is 15.9. The molecule has 1 heterocycles. The molecule has 0 unspecified atom stereocenters. The maximum absolute atomic E-state index is 11.9. The number of carbonyl (C=O) groups excluding carboxylic acids is 1. The molecule has 2 aliphatic rings. The Labute approximate surface area is 146 Å². The normalized spacial score (nSPS) is 18.9. The van der Waals surface area contributed by atoms with Crippen LogP contribution in [-0.2, 0) is 10.3 Å². The molecule has 0 saturated heterocycles. The predicted octanol–water partition coefficient (Wildman–Crippen LogP) is 3.23. The van der Waals surface area contributed by atoms with E-state index < -0.39 is 5.54 Å². The molecule has 24 heavy (non-hydrogen) atoms. The monoisotopic (exact) mass is 348 g/mol. The Balaban J connectivity index is 0.00000169. The van der Waals surface area contributed by atoms with Gasteiger partial charge < -0.3 is 15.6 Å². The van der Waals surface area contributed by atoms with E-state index in [1.165, 1.54) is 0 Å². The molecule has 2 fully saturated rings. The van der Waals surface area contributed by atoms with Gasteiger partial charge in [0.15, 0.2) is 5.82 Å². The maximum atomic E-state index is 11.9. The van der Waals surface area contributed by atoms with Crippen LogP contribution in [0.5, 0.6) is 0 Å². The van der Waals surface area contributed by atoms with Gasteiger partial charge in [-0.05, 0) is 43.9 Å². The number of amides is 1. The zero-order valence-electron chi connectivity index (χ0n) is 13.3. The highest BCUT2D eigenvalue weighted by Crippen LogP contribution is 2.35. The highest BCUT2D eigenvalue weighted by molar-refractivity contribution is 5.94. The molecule has 0 aliphatic heterocycles. The van der Waals surface area contributed by atoms with E-state index in [1.54, 1.807) is 0 Å². The second-order valence-electron chi connectivity index (χ2n) is 6.63. The van der Waals surface area contributed by atoms with Gasteiger partial charge in [0.1, 0.15) is 0 Å². The van der Waals surface area contributed by atoms with E-state index in [2.05, 4.69) is 15.5 Å². The topological polar surface area (TPSA) is 94.0 Å². The fourth-order valence-electron chi connectivity index (χ4n) is 3.09. The molecule has 1 aromatic carbocycles. The fourth-order valence-corrected chi connectivity index (χ4v) is 3.09. The van der Waals surface area contributed by atoms with Crippen LogP contribution in [0.3, 0.4) is 0 Å². The minimum Gasteiger partial charge on any atom is -0.334 e. The van der Waals surface area contributed by atoms with Crippen molar-refractivity contribution in [2.75, 3.05) is 5.32 Å². The van der Waals surface area contributed by atoms with E-state index in [9.17, 15) is 4.79 Å². The molecule has 4 rings (SSSR count). The van der Waals surface area contributed by atoms with Crippen LogP contribution >= 0.6 is 12.4 Å². The summed E-state index contributed by atoms with van der Waals surface area (Å²) < 4.78 is 5.39. The van der Waals surface area contributed by atoms with Crippen molar-refractivity contribution in [1.82, 2.24) is 10.1 Å². The molecule has 0 atom stereocenters. The number of nitrogens with zero attached hydrogens (tertiary/aromatic N) is 2. The average Bonchev–Trinajstić information content (AvgIpc) is 3.11. The van der Waals surface area contributed by atoms with Crippen LogP contribution < -0.4 is 11.1 Å². The van der Waals surface area contributed by atoms with Crippen LogP contribution in [0.15, 0.2) is 28.8 Å². The van der Waals surface area contributed by atoms with Crippen molar-refractivity contribution >= 4 is 24.0 Å². The Hall–Kier alpha value is -1.92. The van der Waals surface area contributed by atoms with Crippen molar-refractivity contribution in [1.29, 1.82) is 0 Å². The first-order valence-electron chi connectivity index (χ1n) is 8.18. The van der Waals surface area contributed by atoms with Gasteiger partial charge in [-0.15, -0.1) is 12.4 Å². The number of hydrogen-bond donors (Lipinski definition) is 2. The van der Waals surface area contributed by atoms with Crippen molar-refractivity contribution in [3.8, 4) is 11.5 Å². The molecule has 3 N–H and O–H groups in total. The van der Waals surface area contributed by atoms with Gasteiger partial charge in [-0.1, -0.05) is 24.1 Å². The summed E-state index contributed by atoms with van der Waals surface area (Å²) in [5.41, 5.74) is 7.45. The third-order valence-corrected chi connectivity index (χ3v) is 4.69. The third kappa shape index (κ3) is 3.30. The summed E-state index contributed by atoms with van der Waals surface area (Å²) in [6.45, 7) is 0. The number of nitrogens with two attached hydrogens (primary N) is 1. The van der Waals surface area contributed by atoms with E-state index in [0.717, 1.165) is 49.8 Å². The van der Waals surface area contributed by atoms with Crippen molar-refractivity contribution in [3.63, 3.8) is 0 Å². The molecular formula is C17H21ClN4O2. The smallest absolute Gasteiger partial charge is 0.258 e. The van der Waals surface area contributed by atoms with Gasteiger partial charge in [-0.25, -0.2) is 0 Å². The lowest BCUT2D eigenvalue weighted by molar-refractivity contribution is -0.117. The Morgan fingerprint density at radius 3 is 2.75 bits per heavy atom. The van der Waals surface area contributed by atoms with Crippen LogP contribution in [0.2, 0.25) is 0 Å². The molecular weight excluding hydrogens is 328 g/mol. The standard InChI is InChI=1S/C17H20N4O2.ClH/c18-17(8-1-2-9-17)16-20-15(23-21-16)12-4-3-5-13(10-12)19-14(22)11-6-7-11;/h3-5,10-11H,1-2,6-9,18H2,(H,19,22);1H. The van der Waals surface area contributed by atoms with E-state index in [1.807, 2.05) is 24.3 Å². The summed E-state index contributed by atoms with van der Waals surface area (Å²) in [4.78, 5) is 16.4. The van der Waals surface area contributed by atoms with Gasteiger partial charge in [0.2, 0.25) is 5.91 Å². The summed E-state index contributed by atoms with van der Waals surface area (Å²) >= 11 is 0. The van der Waals surface area contributed by atoms with Crippen molar-refractivity contribution in [2.45, 2.75) is 44.1 Å². The first-order chi connectivity index (χ1) is 11.1. The fraction of sp³-hybridized carbons (Fsp3) is 0.471. The molecule has 7 heteroatoms. The minimum absolute atomic E-state index is 0. The first-order valence-corrected chi connectivity index (χ1v) is 8.18. The summed E-state index contributed by atoms with van der Waals surface area (Å²) in [5, 5.41) is 7.01. The highest BCUT2D eigenvalue weighted by atomic mass is 35.5. The number of rotatable bonds is 4. The number of anilines is 1. The van der Waals surface area contributed by atoms with Crippen LogP contribution in [-0.4, -0.2) is 16.0 Å². The second kappa shape index (κ2) is 6.53. The average molecular weight is 349 g/mol. The van der Waals surface area contributed by atoms with E-state index >= 15 is 0 Å². The Morgan fingerprint density at radius 2 is 2.04 bits per heavy atom. The van der Waals surface area contributed by atoms with Gasteiger partial charge in [0, 0.05) is 17.2 Å². The van der Waals surface area contributed by atoms with Crippen LogP contribution in [0, 0.1) is 5.92 Å². The molecule has 0 bridgehead atoms. The second-order valence-corrected chi connectivity index (χ2v) is 6.63. The highest BCUT2D eigenvalue weighted by Gasteiger charge is 2.36. The molecule has 2 saturated carbocycles. The largest absolute Gasteiger partial charge is 0.334 e. The predicted molar refractivity (Wildman–Crippen MR) is 92.7 cm³/mol. The molecule has 1 amide bonds. The first kappa shape index (κ1) is 16.9. The van der Waals surface area contributed by atoms with E-state index in [0.29, 0.717) is 11.7 Å². The molecule has 128 valence electrons. The van der Waals surface area contributed by atoms with E-state index in [-0.39, 0.29) is 24.2 Å². The quantitative estimate of drug-likeness (QED) is 0.884. The summed E-state index contributed by atoms with van der Waals surface area (Å²) in [6, 6.07) is 7.48.